The van der Waals surface area contributed by atoms with Gasteiger partial charge in [-0.3, -0.25) is 9.59 Å². The van der Waals surface area contributed by atoms with Crippen molar-refractivity contribution in [1.29, 1.82) is 0 Å². The fourth-order valence-electron chi connectivity index (χ4n) is 2.27. The predicted octanol–water partition coefficient (Wildman–Crippen LogP) is 1.02. The molecule has 1 atom stereocenters. The van der Waals surface area contributed by atoms with Crippen LogP contribution in [0.25, 0.3) is 0 Å². The monoisotopic (exact) mass is 311 g/mol. The number of para-hydroxylation sites is 1. The molecule has 0 fully saturated rings. The summed E-state index contributed by atoms with van der Waals surface area (Å²) in [5.74, 6) is -3.03. The van der Waals surface area contributed by atoms with Gasteiger partial charge in [0.05, 0.1) is 5.25 Å². The standard InChI is InChI=1S/C14H17NO5S/c1-9(2)21(19,20)8-13(16)15-7-11(14(17)18)10-5-3-4-6-12(10)15/h3-6,9,11H,7-8H2,1-2H3,(H,17,18). The summed E-state index contributed by atoms with van der Waals surface area (Å²) < 4.78 is 23.7. The van der Waals surface area contributed by atoms with E-state index in [1.165, 1.54) is 18.7 Å². The Labute approximate surface area is 123 Å². The van der Waals surface area contributed by atoms with Gasteiger partial charge in [0.15, 0.2) is 9.84 Å². The van der Waals surface area contributed by atoms with Gasteiger partial charge in [-0.05, 0) is 25.5 Å². The largest absolute Gasteiger partial charge is 0.481 e. The molecule has 1 aromatic carbocycles. The fourth-order valence-corrected chi connectivity index (χ4v) is 3.10. The average Bonchev–Trinajstić information content (AvgIpc) is 2.77. The zero-order chi connectivity index (χ0) is 15.8. The summed E-state index contributed by atoms with van der Waals surface area (Å²) in [5.41, 5.74) is 1.02. The van der Waals surface area contributed by atoms with E-state index in [1.54, 1.807) is 24.3 Å². The second kappa shape index (κ2) is 5.48. The number of hydrogen-bond donors (Lipinski definition) is 1. The van der Waals surface area contributed by atoms with Gasteiger partial charge in [-0.15, -0.1) is 0 Å². The lowest BCUT2D eigenvalue weighted by Gasteiger charge is -2.18. The lowest BCUT2D eigenvalue weighted by Crippen LogP contribution is -2.37. The van der Waals surface area contributed by atoms with E-state index in [9.17, 15) is 23.1 Å². The summed E-state index contributed by atoms with van der Waals surface area (Å²) in [4.78, 5) is 24.8. The number of rotatable bonds is 4. The van der Waals surface area contributed by atoms with E-state index < -0.39 is 38.6 Å². The number of carbonyl (C=O) groups excluding carboxylic acids is 1. The van der Waals surface area contributed by atoms with Crippen LogP contribution in [0.3, 0.4) is 0 Å². The van der Waals surface area contributed by atoms with Gasteiger partial charge in [0.25, 0.3) is 0 Å². The molecule has 114 valence electrons. The highest BCUT2D eigenvalue weighted by molar-refractivity contribution is 7.92. The van der Waals surface area contributed by atoms with E-state index in [1.807, 2.05) is 0 Å². The Bertz CT molecular complexity index is 680. The molecule has 1 heterocycles. The van der Waals surface area contributed by atoms with Crippen molar-refractivity contribution in [1.82, 2.24) is 0 Å². The summed E-state index contributed by atoms with van der Waals surface area (Å²) in [5, 5.41) is 8.58. The van der Waals surface area contributed by atoms with Gasteiger partial charge in [-0.2, -0.15) is 0 Å². The maximum absolute atomic E-state index is 12.3. The molecule has 1 unspecified atom stereocenters. The van der Waals surface area contributed by atoms with E-state index in [-0.39, 0.29) is 6.54 Å². The minimum Gasteiger partial charge on any atom is -0.481 e. The SMILES string of the molecule is CC(C)S(=O)(=O)CC(=O)N1CC(C(=O)O)c2ccccc21. The highest BCUT2D eigenvalue weighted by atomic mass is 32.2. The molecule has 1 aliphatic rings. The number of carbonyl (C=O) groups is 2. The average molecular weight is 311 g/mol. The summed E-state index contributed by atoms with van der Waals surface area (Å²) in [6, 6.07) is 6.68. The normalized spacial score (nSPS) is 17.9. The van der Waals surface area contributed by atoms with Crippen LogP contribution >= 0.6 is 0 Å². The van der Waals surface area contributed by atoms with E-state index in [2.05, 4.69) is 0 Å². The molecule has 0 aromatic heterocycles. The second-order valence-electron chi connectivity index (χ2n) is 5.31. The van der Waals surface area contributed by atoms with Crippen LogP contribution in [0.5, 0.6) is 0 Å². The van der Waals surface area contributed by atoms with Gasteiger partial charge in [0.2, 0.25) is 5.91 Å². The maximum Gasteiger partial charge on any atom is 0.312 e. The first kappa shape index (κ1) is 15.5. The minimum atomic E-state index is -3.51. The fraction of sp³-hybridized carbons (Fsp3) is 0.429. The summed E-state index contributed by atoms with van der Waals surface area (Å²) in [7, 11) is -3.51. The van der Waals surface area contributed by atoms with Crippen molar-refractivity contribution in [2.75, 3.05) is 17.2 Å². The number of benzene rings is 1. The highest BCUT2D eigenvalue weighted by Crippen LogP contribution is 2.36. The summed E-state index contributed by atoms with van der Waals surface area (Å²) in [6.07, 6.45) is 0. The van der Waals surface area contributed by atoms with Crippen LogP contribution in [-0.2, 0) is 19.4 Å². The van der Waals surface area contributed by atoms with Gasteiger partial charge in [-0.25, -0.2) is 8.42 Å². The number of amides is 1. The Balaban J connectivity index is 2.30. The minimum absolute atomic E-state index is 0.0267. The second-order valence-corrected chi connectivity index (χ2v) is 7.87. The Morgan fingerprint density at radius 3 is 2.52 bits per heavy atom. The van der Waals surface area contributed by atoms with Crippen molar-refractivity contribution in [3.63, 3.8) is 0 Å². The lowest BCUT2D eigenvalue weighted by atomic mass is 10.0. The van der Waals surface area contributed by atoms with Crippen molar-refractivity contribution in [2.24, 2.45) is 0 Å². The maximum atomic E-state index is 12.3. The number of hydrogen-bond acceptors (Lipinski definition) is 4. The highest BCUT2D eigenvalue weighted by Gasteiger charge is 2.37. The van der Waals surface area contributed by atoms with E-state index in [4.69, 9.17) is 0 Å². The molecule has 1 aliphatic heterocycles. The molecule has 0 radical (unpaired) electrons. The van der Waals surface area contributed by atoms with Crippen LogP contribution in [0.2, 0.25) is 0 Å². The number of sulfone groups is 1. The molecule has 2 rings (SSSR count). The van der Waals surface area contributed by atoms with Crippen LogP contribution in [-0.4, -0.2) is 42.9 Å². The van der Waals surface area contributed by atoms with Crippen LogP contribution < -0.4 is 4.90 Å². The van der Waals surface area contributed by atoms with Crippen LogP contribution in [0, 0.1) is 0 Å². The van der Waals surface area contributed by atoms with Gasteiger partial charge >= 0.3 is 5.97 Å². The Kier molecular flexibility index (Phi) is 4.04. The van der Waals surface area contributed by atoms with Crippen LogP contribution in [0.15, 0.2) is 24.3 Å². The molecular formula is C14H17NO5S. The molecule has 0 saturated carbocycles. The number of aliphatic carboxylic acids is 1. The molecule has 0 aliphatic carbocycles. The van der Waals surface area contributed by atoms with Crippen LogP contribution in [0.1, 0.15) is 25.3 Å². The van der Waals surface area contributed by atoms with E-state index in [0.29, 0.717) is 11.3 Å². The van der Waals surface area contributed by atoms with Crippen molar-refractivity contribution in [3.8, 4) is 0 Å². The summed E-state index contributed by atoms with van der Waals surface area (Å²) >= 11 is 0. The predicted molar refractivity (Wildman–Crippen MR) is 78.1 cm³/mol. The zero-order valence-electron chi connectivity index (χ0n) is 11.8. The van der Waals surface area contributed by atoms with Gasteiger partial charge in [0, 0.05) is 12.2 Å². The molecule has 6 nitrogen and oxygen atoms in total. The van der Waals surface area contributed by atoms with E-state index >= 15 is 0 Å². The number of nitrogens with zero attached hydrogens (tertiary/aromatic N) is 1. The third kappa shape index (κ3) is 2.92. The number of carboxylic acids is 1. The topological polar surface area (TPSA) is 91.8 Å². The lowest BCUT2D eigenvalue weighted by molar-refractivity contribution is -0.138. The molecule has 1 N–H and O–H groups in total. The first-order valence-electron chi connectivity index (χ1n) is 6.57. The van der Waals surface area contributed by atoms with E-state index in [0.717, 1.165) is 0 Å². The molecule has 1 amide bonds. The molecule has 7 heteroatoms. The van der Waals surface area contributed by atoms with Gasteiger partial charge < -0.3 is 10.0 Å². The van der Waals surface area contributed by atoms with Gasteiger partial charge in [-0.1, -0.05) is 18.2 Å². The molecule has 0 saturated heterocycles. The molecular weight excluding hydrogens is 294 g/mol. The Morgan fingerprint density at radius 1 is 1.33 bits per heavy atom. The Hall–Kier alpha value is -1.89. The van der Waals surface area contributed by atoms with Gasteiger partial charge in [0.1, 0.15) is 11.7 Å². The van der Waals surface area contributed by atoms with Crippen molar-refractivity contribution in [2.45, 2.75) is 25.0 Å². The molecule has 0 spiro atoms. The Morgan fingerprint density at radius 2 is 1.95 bits per heavy atom. The molecule has 0 bridgehead atoms. The van der Waals surface area contributed by atoms with Crippen molar-refractivity contribution in [3.05, 3.63) is 29.8 Å². The quantitative estimate of drug-likeness (QED) is 0.896. The summed E-state index contributed by atoms with van der Waals surface area (Å²) in [6.45, 7) is 3.00. The third-order valence-corrected chi connectivity index (χ3v) is 5.70. The number of fused-ring (bicyclic) bond motifs is 1. The molecule has 21 heavy (non-hydrogen) atoms. The first-order valence-corrected chi connectivity index (χ1v) is 8.29. The molecule has 1 aromatic rings. The number of anilines is 1. The van der Waals surface area contributed by atoms with Crippen molar-refractivity contribution >= 4 is 27.4 Å². The third-order valence-electron chi connectivity index (χ3n) is 3.61. The first-order chi connectivity index (χ1) is 9.74. The number of carboxylic acid groups (broad SMARTS) is 1. The smallest absolute Gasteiger partial charge is 0.312 e. The zero-order valence-corrected chi connectivity index (χ0v) is 12.6. The van der Waals surface area contributed by atoms with Crippen LogP contribution in [0.4, 0.5) is 5.69 Å². The van der Waals surface area contributed by atoms with Crippen molar-refractivity contribution < 1.29 is 23.1 Å².